The number of nitrogens with zero attached hydrogens (tertiary/aromatic N) is 2. The van der Waals surface area contributed by atoms with Crippen molar-refractivity contribution >= 4 is 5.91 Å². The molecule has 28 heavy (non-hydrogen) atoms. The van der Waals surface area contributed by atoms with Gasteiger partial charge in [-0.15, -0.1) is 0 Å². The molecule has 2 aromatic carbocycles. The van der Waals surface area contributed by atoms with Crippen molar-refractivity contribution in [3.05, 3.63) is 65.7 Å². The maximum Gasteiger partial charge on any atom is 0.254 e. The van der Waals surface area contributed by atoms with E-state index in [-0.39, 0.29) is 5.91 Å². The third-order valence-corrected chi connectivity index (χ3v) is 4.87. The SMILES string of the molecule is COc1cccc(C(=O)N2CCN(C[C@@H](O)COCc3ccccc3)CC2)c1. The fourth-order valence-electron chi connectivity index (χ4n) is 3.31. The van der Waals surface area contributed by atoms with E-state index in [2.05, 4.69) is 4.90 Å². The minimum atomic E-state index is -0.538. The van der Waals surface area contributed by atoms with Crippen LogP contribution in [-0.4, -0.2) is 73.4 Å². The first-order valence-corrected chi connectivity index (χ1v) is 9.61. The van der Waals surface area contributed by atoms with Crippen LogP contribution in [0.4, 0.5) is 0 Å². The molecule has 3 rings (SSSR count). The molecule has 0 spiro atoms. The van der Waals surface area contributed by atoms with Crippen LogP contribution in [0.15, 0.2) is 54.6 Å². The van der Waals surface area contributed by atoms with Gasteiger partial charge in [-0.05, 0) is 23.8 Å². The lowest BCUT2D eigenvalue weighted by atomic mass is 10.1. The van der Waals surface area contributed by atoms with Crippen molar-refractivity contribution in [3.63, 3.8) is 0 Å². The predicted octanol–water partition coefficient (Wildman–Crippen LogP) is 2.03. The zero-order valence-electron chi connectivity index (χ0n) is 16.3. The van der Waals surface area contributed by atoms with Crippen LogP contribution < -0.4 is 4.74 Å². The third-order valence-electron chi connectivity index (χ3n) is 4.87. The zero-order chi connectivity index (χ0) is 19.8. The maximum absolute atomic E-state index is 12.7. The Balaban J connectivity index is 1.39. The first kappa shape index (κ1) is 20.3. The van der Waals surface area contributed by atoms with Gasteiger partial charge in [0.1, 0.15) is 5.75 Å². The van der Waals surface area contributed by atoms with Gasteiger partial charge in [0.2, 0.25) is 0 Å². The Morgan fingerprint density at radius 3 is 2.54 bits per heavy atom. The molecule has 1 aliphatic rings. The molecule has 0 bridgehead atoms. The van der Waals surface area contributed by atoms with Gasteiger partial charge in [0.05, 0.1) is 26.4 Å². The molecular weight excluding hydrogens is 356 g/mol. The largest absolute Gasteiger partial charge is 0.497 e. The monoisotopic (exact) mass is 384 g/mol. The minimum absolute atomic E-state index is 0.0188. The number of ether oxygens (including phenoxy) is 2. The van der Waals surface area contributed by atoms with Crippen LogP contribution in [0.5, 0.6) is 5.75 Å². The second kappa shape index (κ2) is 10.2. The second-order valence-electron chi connectivity index (χ2n) is 6.98. The smallest absolute Gasteiger partial charge is 0.254 e. The lowest BCUT2D eigenvalue weighted by Gasteiger charge is -2.35. The second-order valence-corrected chi connectivity index (χ2v) is 6.98. The number of piperazine rings is 1. The molecule has 1 fully saturated rings. The summed E-state index contributed by atoms with van der Waals surface area (Å²) in [6, 6.07) is 17.2. The number of hydrogen-bond acceptors (Lipinski definition) is 5. The third kappa shape index (κ3) is 5.79. The van der Waals surface area contributed by atoms with E-state index in [1.165, 1.54) is 0 Å². The van der Waals surface area contributed by atoms with Crippen LogP contribution in [0.3, 0.4) is 0 Å². The topological polar surface area (TPSA) is 62.2 Å². The highest BCUT2D eigenvalue weighted by Crippen LogP contribution is 2.15. The number of methoxy groups -OCH3 is 1. The molecule has 0 saturated carbocycles. The number of β-amino-alcohol motifs (C(OH)–C–C–N with tert-alkyl or cyclic N) is 1. The van der Waals surface area contributed by atoms with E-state index >= 15 is 0 Å². The zero-order valence-corrected chi connectivity index (χ0v) is 16.3. The summed E-state index contributed by atoms with van der Waals surface area (Å²) in [6.07, 6.45) is -0.538. The highest BCUT2D eigenvalue weighted by Gasteiger charge is 2.23. The van der Waals surface area contributed by atoms with E-state index in [0.29, 0.717) is 44.2 Å². The number of aliphatic hydroxyl groups is 1. The average Bonchev–Trinajstić information content (AvgIpc) is 2.74. The van der Waals surface area contributed by atoms with Crippen molar-refractivity contribution in [1.82, 2.24) is 9.80 Å². The lowest BCUT2D eigenvalue weighted by molar-refractivity contribution is 0.00206. The summed E-state index contributed by atoms with van der Waals surface area (Å²) in [5.41, 5.74) is 1.74. The maximum atomic E-state index is 12.7. The van der Waals surface area contributed by atoms with Gasteiger partial charge in [-0.3, -0.25) is 9.69 Å². The molecule has 1 amide bonds. The fourth-order valence-corrected chi connectivity index (χ4v) is 3.31. The highest BCUT2D eigenvalue weighted by atomic mass is 16.5. The molecule has 0 aromatic heterocycles. The average molecular weight is 384 g/mol. The lowest BCUT2D eigenvalue weighted by Crippen LogP contribution is -2.50. The standard InChI is InChI=1S/C22H28N2O4/c1-27-21-9-5-8-19(14-21)22(26)24-12-10-23(11-13-24)15-20(25)17-28-16-18-6-3-2-4-7-18/h2-9,14,20,25H,10-13,15-17H2,1H3/t20-/m1/s1. The van der Waals surface area contributed by atoms with Crippen molar-refractivity contribution in [1.29, 1.82) is 0 Å². The van der Waals surface area contributed by atoms with Crippen molar-refractivity contribution in [2.45, 2.75) is 12.7 Å². The highest BCUT2D eigenvalue weighted by molar-refractivity contribution is 5.94. The van der Waals surface area contributed by atoms with E-state index in [0.717, 1.165) is 18.7 Å². The molecule has 6 heteroatoms. The van der Waals surface area contributed by atoms with Crippen LogP contribution in [0.2, 0.25) is 0 Å². The van der Waals surface area contributed by atoms with Gasteiger partial charge in [-0.2, -0.15) is 0 Å². The van der Waals surface area contributed by atoms with Crippen molar-refractivity contribution < 1.29 is 19.4 Å². The van der Waals surface area contributed by atoms with E-state index < -0.39 is 6.10 Å². The number of rotatable bonds is 8. The molecule has 0 radical (unpaired) electrons. The summed E-state index contributed by atoms with van der Waals surface area (Å²) in [4.78, 5) is 16.7. The fraction of sp³-hybridized carbons (Fsp3) is 0.409. The van der Waals surface area contributed by atoms with Gasteiger partial charge < -0.3 is 19.5 Å². The Kier molecular flexibility index (Phi) is 7.42. The summed E-state index contributed by atoms with van der Waals surface area (Å²) in [7, 11) is 1.59. The van der Waals surface area contributed by atoms with Crippen molar-refractivity contribution in [2.24, 2.45) is 0 Å². The normalized spacial score (nSPS) is 16.0. The summed E-state index contributed by atoms with van der Waals surface area (Å²) in [5.74, 6) is 0.702. The van der Waals surface area contributed by atoms with Crippen LogP contribution >= 0.6 is 0 Å². The number of hydrogen-bond donors (Lipinski definition) is 1. The Morgan fingerprint density at radius 2 is 1.82 bits per heavy atom. The number of amides is 1. The number of benzene rings is 2. The summed E-state index contributed by atoms with van der Waals surface area (Å²) in [6.45, 7) is 4.13. The van der Waals surface area contributed by atoms with Gasteiger partial charge in [0.15, 0.2) is 0 Å². The molecule has 150 valence electrons. The van der Waals surface area contributed by atoms with E-state index in [4.69, 9.17) is 9.47 Å². The van der Waals surface area contributed by atoms with Gasteiger partial charge in [-0.25, -0.2) is 0 Å². The first-order chi connectivity index (χ1) is 13.7. The molecule has 1 atom stereocenters. The number of aliphatic hydroxyl groups excluding tert-OH is 1. The number of carbonyl (C=O) groups is 1. The van der Waals surface area contributed by atoms with Crippen LogP contribution in [0, 0.1) is 0 Å². The Morgan fingerprint density at radius 1 is 1.07 bits per heavy atom. The van der Waals surface area contributed by atoms with Crippen LogP contribution in [-0.2, 0) is 11.3 Å². The molecule has 2 aromatic rings. The van der Waals surface area contributed by atoms with Crippen molar-refractivity contribution in [2.75, 3.05) is 46.4 Å². The molecular formula is C22H28N2O4. The van der Waals surface area contributed by atoms with Gasteiger partial charge in [-0.1, -0.05) is 36.4 Å². The Hall–Kier alpha value is -2.41. The van der Waals surface area contributed by atoms with Gasteiger partial charge in [0.25, 0.3) is 5.91 Å². The molecule has 1 saturated heterocycles. The molecule has 1 aliphatic heterocycles. The quantitative estimate of drug-likeness (QED) is 0.755. The molecule has 1 heterocycles. The van der Waals surface area contributed by atoms with Crippen molar-refractivity contribution in [3.8, 4) is 5.75 Å². The summed E-state index contributed by atoms with van der Waals surface area (Å²) >= 11 is 0. The van der Waals surface area contributed by atoms with E-state index in [9.17, 15) is 9.90 Å². The molecule has 6 nitrogen and oxygen atoms in total. The summed E-state index contributed by atoms with van der Waals surface area (Å²) < 4.78 is 10.8. The first-order valence-electron chi connectivity index (χ1n) is 9.61. The molecule has 0 aliphatic carbocycles. The Labute approximate surface area is 166 Å². The van der Waals surface area contributed by atoms with Crippen LogP contribution in [0.25, 0.3) is 0 Å². The van der Waals surface area contributed by atoms with E-state index in [1.807, 2.05) is 53.4 Å². The van der Waals surface area contributed by atoms with Crippen LogP contribution in [0.1, 0.15) is 15.9 Å². The molecule has 0 unspecified atom stereocenters. The Bertz CT molecular complexity index is 745. The van der Waals surface area contributed by atoms with Gasteiger partial charge >= 0.3 is 0 Å². The van der Waals surface area contributed by atoms with Gasteiger partial charge in [0, 0.05) is 38.3 Å². The van der Waals surface area contributed by atoms with E-state index in [1.54, 1.807) is 13.2 Å². The summed E-state index contributed by atoms with van der Waals surface area (Å²) in [5, 5.41) is 10.2. The predicted molar refractivity (Wildman–Crippen MR) is 107 cm³/mol. The number of carbonyl (C=O) groups excluding carboxylic acids is 1. The molecule has 1 N–H and O–H groups in total. The minimum Gasteiger partial charge on any atom is -0.497 e.